The number of halogens is 3. The predicted octanol–water partition coefficient (Wildman–Crippen LogP) is 5.41. The summed E-state index contributed by atoms with van der Waals surface area (Å²) in [6.07, 6.45) is 1.49. The molecule has 0 heterocycles. The van der Waals surface area contributed by atoms with Crippen LogP contribution in [0.1, 0.15) is 16.7 Å². The molecule has 3 aromatic rings. The van der Waals surface area contributed by atoms with E-state index in [1.54, 1.807) is 24.3 Å². The number of carbonyl (C=O) groups excluding carboxylic acids is 1. The van der Waals surface area contributed by atoms with Crippen molar-refractivity contribution in [1.29, 1.82) is 0 Å². The maximum absolute atomic E-state index is 13.3. The molecule has 1 N–H and O–H groups in total. The smallest absolute Gasteiger partial charge is 0.255 e. The number of hydrazone groups is 1. The van der Waals surface area contributed by atoms with E-state index in [0.29, 0.717) is 15.6 Å². The molecule has 0 saturated carbocycles. The zero-order chi connectivity index (χ0) is 24.0. The Bertz CT molecular complexity index is 1280. The first-order chi connectivity index (χ1) is 15.6. The molecule has 0 unspecified atom stereocenters. The van der Waals surface area contributed by atoms with Crippen molar-refractivity contribution in [2.45, 2.75) is 18.4 Å². The molecule has 1 amide bonds. The number of hydrogen-bond acceptors (Lipinski definition) is 4. The van der Waals surface area contributed by atoms with Gasteiger partial charge < -0.3 is 0 Å². The summed E-state index contributed by atoms with van der Waals surface area (Å²) in [7, 11) is -4.01. The lowest BCUT2D eigenvalue weighted by atomic mass is 10.2. The van der Waals surface area contributed by atoms with E-state index in [0.717, 1.165) is 19.9 Å². The van der Waals surface area contributed by atoms with Gasteiger partial charge in [0.05, 0.1) is 17.7 Å². The lowest BCUT2D eigenvalue weighted by Gasteiger charge is -2.22. The van der Waals surface area contributed by atoms with Crippen LogP contribution in [0.25, 0.3) is 0 Å². The number of nitrogens with one attached hydrogen (secondary N) is 1. The number of carbonyl (C=O) groups is 1. The van der Waals surface area contributed by atoms with Gasteiger partial charge in [0.25, 0.3) is 5.91 Å². The first-order valence-corrected chi connectivity index (χ1v) is 12.7. The van der Waals surface area contributed by atoms with Gasteiger partial charge in [-0.15, -0.1) is 0 Å². The van der Waals surface area contributed by atoms with Gasteiger partial charge in [0.15, 0.2) is 0 Å². The zero-order valence-corrected chi connectivity index (χ0v) is 21.4. The van der Waals surface area contributed by atoms with Crippen molar-refractivity contribution in [3.05, 3.63) is 97.9 Å². The second-order valence-electron chi connectivity index (χ2n) is 7.17. The van der Waals surface area contributed by atoms with E-state index in [-0.39, 0.29) is 11.4 Å². The third-order valence-electron chi connectivity index (χ3n) is 4.58. The van der Waals surface area contributed by atoms with Crippen LogP contribution in [0.4, 0.5) is 0 Å². The zero-order valence-electron chi connectivity index (χ0n) is 17.5. The largest absolute Gasteiger partial charge is 0.272 e. The fourth-order valence-corrected chi connectivity index (χ4v) is 5.05. The number of rotatable bonds is 8. The van der Waals surface area contributed by atoms with Crippen LogP contribution < -0.4 is 5.43 Å². The van der Waals surface area contributed by atoms with E-state index in [1.165, 1.54) is 24.4 Å². The summed E-state index contributed by atoms with van der Waals surface area (Å²) in [5, 5.41) is 4.67. The molecule has 0 fully saturated rings. The normalized spacial score (nSPS) is 11.8. The van der Waals surface area contributed by atoms with Crippen molar-refractivity contribution >= 4 is 61.3 Å². The number of hydrogen-bond donors (Lipinski definition) is 1. The maximum atomic E-state index is 13.3. The minimum atomic E-state index is -4.01. The highest BCUT2D eigenvalue weighted by molar-refractivity contribution is 9.10. The van der Waals surface area contributed by atoms with E-state index in [2.05, 4.69) is 26.5 Å². The van der Waals surface area contributed by atoms with Crippen molar-refractivity contribution < 1.29 is 13.2 Å². The molecule has 0 atom stereocenters. The van der Waals surface area contributed by atoms with Gasteiger partial charge in [-0.2, -0.15) is 9.41 Å². The van der Waals surface area contributed by atoms with E-state index in [9.17, 15) is 13.2 Å². The lowest BCUT2D eigenvalue weighted by molar-refractivity contribution is -0.121. The average molecular weight is 569 g/mol. The Morgan fingerprint density at radius 2 is 1.82 bits per heavy atom. The Kier molecular flexibility index (Phi) is 8.67. The highest BCUT2D eigenvalue weighted by Gasteiger charge is 2.27. The average Bonchev–Trinajstić information content (AvgIpc) is 2.75. The monoisotopic (exact) mass is 567 g/mol. The number of amides is 1. The first kappa shape index (κ1) is 25.4. The van der Waals surface area contributed by atoms with Crippen molar-refractivity contribution in [1.82, 2.24) is 9.73 Å². The standard InChI is InChI=1S/C23H20BrCl2N3O3S/c1-16-3-2-4-17(11-16)13-27-28-23(30)15-29(14-18-5-8-20(25)12-22(18)26)33(31,32)21-9-6-19(24)7-10-21/h2-13H,14-15H2,1H3,(H,28,30)/b27-13+. The van der Waals surface area contributed by atoms with Gasteiger partial charge in [-0.1, -0.05) is 75.0 Å². The quantitative estimate of drug-likeness (QED) is 0.292. The molecule has 172 valence electrons. The number of sulfonamides is 1. The minimum absolute atomic E-state index is 0.0480. The summed E-state index contributed by atoms with van der Waals surface area (Å²) >= 11 is 15.5. The van der Waals surface area contributed by atoms with Crippen LogP contribution in [-0.2, 0) is 21.4 Å². The van der Waals surface area contributed by atoms with Crippen LogP contribution >= 0.6 is 39.1 Å². The van der Waals surface area contributed by atoms with Gasteiger partial charge in [-0.25, -0.2) is 13.8 Å². The van der Waals surface area contributed by atoms with Crippen molar-refractivity contribution in [2.75, 3.05) is 6.54 Å². The molecule has 0 aromatic heterocycles. The first-order valence-electron chi connectivity index (χ1n) is 9.73. The van der Waals surface area contributed by atoms with E-state index in [4.69, 9.17) is 23.2 Å². The van der Waals surface area contributed by atoms with Gasteiger partial charge in [0, 0.05) is 21.1 Å². The van der Waals surface area contributed by atoms with Crippen LogP contribution in [0, 0.1) is 6.92 Å². The van der Waals surface area contributed by atoms with Crippen LogP contribution in [0.5, 0.6) is 0 Å². The molecule has 6 nitrogen and oxygen atoms in total. The van der Waals surface area contributed by atoms with Gasteiger partial charge in [-0.3, -0.25) is 4.79 Å². The topological polar surface area (TPSA) is 78.8 Å². The van der Waals surface area contributed by atoms with Crippen LogP contribution in [-0.4, -0.2) is 31.4 Å². The summed E-state index contributed by atoms with van der Waals surface area (Å²) in [6, 6.07) is 18.5. The Morgan fingerprint density at radius 3 is 2.48 bits per heavy atom. The van der Waals surface area contributed by atoms with E-state index < -0.39 is 22.5 Å². The van der Waals surface area contributed by atoms with Crippen LogP contribution in [0.2, 0.25) is 10.0 Å². The molecular formula is C23H20BrCl2N3O3S. The van der Waals surface area contributed by atoms with Crippen molar-refractivity contribution in [3.8, 4) is 0 Å². The van der Waals surface area contributed by atoms with Gasteiger partial charge in [-0.05, 0) is 54.4 Å². The van der Waals surface area contributed by atoms with Gasteiger partial charge in [0.1, 0.15) is 0 Å². The summed E-state index contributed by atoms with van der Waals surface area (Å²) in [6.45, 7) is 1.37. The van der Waals surface area contributed by atoms with Gasteiger partial charge >= 0.3 is 0 Å². The number of aryl methyl sites for hydroxylation is 1. The van der Waals surface area contributed by atoms with Crippen molar-refractivity contribution in [3.63, 3.8) is 0 Å². The highest BCUT2D eigenvalue weighted by atomic mass is 79.9. The fraction of sp³-hybridized carbons (Fsp3) is 0.130. The second-order valence-corrected chi connectivity index (χ2v) is 10.9. The Labute approximate surface area is 211 Å². The molecule has 0 saturated heterocycles. The molecule has 0 bridgehead atoms. The minimum Gasteiger partial charge on any atom is -0.272 e. The van der Waals surface area contributed by atoms with E-state index in [1.807, 2.05) is 31.2 Å². The molecule has 3 rings (SSSR count). The highest BCUT2D eigenvalue weighted by Crippen LogP contribution is 2.25. The molecule has 0 aliphatic carbocycles. The predicted molar refractivity (Wildman–Crippen MR) is 135 cm³/mol. The molecule has 0 aliphatic heterocycles. The molecule has 10 heteroatoms. The molecule has 0 radical (unpaired) electrons. The summed E-state index contributed by atoms with van der Waals surface area (Å²) < 4.78 is 28.4. The third-order valence-corrected chi connectivity index (χ3v) is 7.50. The second kappa shape index (κ2) is 11.3. The Hall–Kier alpha value is -2.23. The molecule has 3 aromatic carbocycles. The molecule has 33 heavy (non-hydrogen) atoms. The fourth-order valence-electron chi connectivity index (χ4n) is 2.95. The third kappa shape index (κ3) is 7.12. The maximum Gasteiger partial charge on any atom is 0.255 e. The number of nitrogens with zero attached hydrogens (tertiary/aromatic N) is 2. The van der Waals surface area contributed by atoms with Crippen molar-refractivity contribution in [2.24, 2.45) is 5.10 Å². The van der Waals surface area contributed by atoms with Gasteiger partial charge in [0.2, 0.25) is 10.0 Å². The Morgan fingerprint density at radius 1 is 1.09 bits per heavy atom. The molecule has 0 aliphatic rings. The summed E-state index contributed by atoms with van der Waals surface area (Å²) in [5.74, 6) is -0.593. The summed E-state index contributed by atoms with van der Waals surface area (Å²) in [5.41, 5.74) is 4.76. The number of benzene rings is 3. The van der Waals surface area contributed by atoms with Crippen LogP contribution in [0.3, 0.4) is 0 Å². The lowest BCUT2D eigenvalue weighted by Crippen LogP contribution is -2.39. The SMILES string of the molecule is Cc1cccc(/C=N/NC(=O)CN(Cc2ccc(Cl)cc2Cl)S(=O)(=O)c2ccc(Br)cc2)c1. The molecule has 0 spiro atoms. The molecular weight excluding hydrogens is 549 g/mol. The summed E-state index contributed by atoms with van der Waals surface area (Å²) in [4.78, 5) is 12.6. The Balaban J connectivity index is 1.82. The van der Waals surface area contributed by atoms with Crippen LogP contribution in [0.15, 0.2) is 81.2 Å². The van der Waals surface area contributed by atoms with E-state index >= 15 is 0 Å².